The van der Waals surface area contributed by atoms with Crippen molar-refractivity contribution in [3.05, 3.63) is 82.0 Å². The molecule has 2 aromatic heterocycles. The maximum absolute atomic E-state index is 13.1. The number of para-hydroxylation sites is 1. The molecule has 0 aliphatic carbocycles. The SMILES string of the molecule is Cc1ccc(-c2cc(C(=O)NNC(=O)Cn3nc4n(c3=O)CCCCC4)c3ccccc3n2)cc1. The lowest BCUT2D eigenvalue weighted by molar-refractivity contribution is -0.122. The summed E-state index contributed by atoms with van der Waals surface area (Å²) in [5.74, 6) is -0.305. The molecule has 4 aromatic rings. The number of aromatic nitrogens is 4. The van der Waals surface area contributed by atoms with E-state index in [0.717, 1.165) is 41.5 Å². The first kappa shape index (κ1) is 22.5. The van der Waals surface area contributed by atoms with E-state index in [2.05, 4.69) is 16.0 Å². The highest BCUT2D eigenvalue weighted by Gasteiger charge is 2.18. The first-order valence-corrected chi connectivity index (χ1v) is 11.7. The largest absolute Gasteiger partial charge is 0.346 e. The molecular weight excluding hydrogens is 444 g/mol. The Bertz CT molecular complexity index is 1470. The molecule has 0 radical (unpaired) electrons. The molecule has 1 aliphatic rings. The van der Waals surface area contributed by atoms with Crippen LogP contribution in [-0.2, 0) is 24.3 Å². The van der Waals surface area contributed by atoms with Crippen molar-refractivity contribution in [1.82, 2.24) is 30.2 Å². The molecule has 9 heteroatoms. The van der Waals surface area contributed by atoms with Crippen molar-refractivity contribution in [3.8, 4) is 11.3 Å². The van der Waals surface area contributed by atoms with E-state index >= 15 is 0 Å². The fourth-order valence-corrected chi connectivity index (χ4v) is 4.33. The van der Waals surface area contributed by atoms with Crippen molar-refractivity contribution < 1.29 is 9.59 Å². The molecule has 35 heavy (non-hydrogen) atoms. The molecule has 0 atom stereocenters. The number of pyridine rings is 1. The van der Waals surface area contributed by atoms with Gasteiger partial charge in [0.15, 0.2) is 0 Å². The zero-order valence-corrected chi connectivity index (χ0v) is 19.5. The molecule has 9 nitrogen and oxygen atoms in total. The highest BCUT2D eigenvalue weighted by Crippen LogP contribution is 2.25. The highest BCUT2D eigenvalue weighted by atomic mass is 16.2. The molecule has 5 rings (SSSR count). The van der Waals surface area contributed by atoms with Gasteiger partial charge < -0.3 is 0 Å². The number of amides is 2. The van der Waals surface area contributed by atoms with Crippen molar-refractivity contribution >= 4 is 22.7 Å². The van der Waals surface area contributed by atoms with Crippen molar-refractivity contribution in [1.29, 1.82) is 0 Å². The zero-order valence-electron chi connectivity index (χ0n) is 19.5. The predicted octanol–water partition coefficient (Wildman–Crippen LogP) is 2.76. The van der Waals surface area contributed by atoms with E-state index in [9.17, 15) is 14.4 Å². The summed E-state index contributed by atoms with van der Waals surface area (Å²) in [6.45, 7) is 2.35. The topological polar surface area (TPSA) is 111 Å². The molecule has 0 unspecified atom stereocenters. The molecule has 2 amide bonds. The van der Waals surface area contributed by atoms with Gasteiger partial charge in [-0.1, -0.05) is 54.4 Å². The third kappa shape index (κ3) is 4.70. The van der Waals surface area contributed by atoms with Gasteiger partial charge in [-0.05, 0) is 31.9 Å². The number of carbonyl (C=O) groups excluding carboxylic acids is 2. The Kier molecular flexibility index (Phi) is 6.13. The molecule has 2 N–H and O–H groups in total. The number of hydrogen-bond donors (Lipinski definition) is 2. The van der Waals surface area contributed by atoms with Gasteiger partial charge in [0.1, 0.15) is 12.4 Å². The lowest BCUT2D eigenvalue weighted by Crippen LogP contribution is -2.44. The molecule has 0 saturated heterocycles. The Morgan fingerprint density at radius 2 is 1.80 bits per heavy atom. The minimum Gasteiger partial charge on any atom is -0.279 e. The van der Waals surface area contributed by atoms with Crippen LogP contribution >= 0.6 is 0 Å². The average molecular weight is 471 g/mol. The van der Waals surface area contributed by atoms with Gasteiger partial charge in [0.2, 0.25) is 0 Å². The van der Waals surface area contributed by atoms with Crippen molar-refractivity contribution in [3.63, 3.8) is 0 Å². The van der Waals surface area contributed by atoms with E-state index < -0.39 is 11.8 Å². The maximum atomic E-state index is 13.1. The van der Waals surface area contributed by atoms with Crippen LogP contribution in [0, 0.1) is 6.92 Å². The van der Waals surface area contributed by atoms with Gasteiger partial charge in [-0.25, -0.2) is 14.5 Å². The number of nitrogens with one attached hydrogen (secondary N) is 2. The minimum absolute atomic E-state index is 0.273. The van der Waals surface area contributed by atoms with Crippen LogP contribution in [0.1, 0.15) is 41.0 Å². The van der Waals surface area contributed by atoms with E-state index in [4.69, 9.17) is 4.98 Å². The Hall–Kier alpha value is -4.27. The van der Waals surface area contributed by atoms with Crippen LogP contribution in [0.5, 0.6) is 0 Å². The van der Waals surface area contributed by atoms with Crippen LogP contribution in [-0.4, -0.2) is 31.1 Å². The second kappa shape index (κ2) is 9.54. The number of nitrogens with zero attached hydrogens (tertiary/aromatic N) is 4. The molecule has 1 aliphatic heterocycles. The number of aryl methyl sites for hydroxylation is 2. The standard InChI is InChI=1S/C26H26N6O3/c1-17-10-12-18(13-11-17)22-15-20(19-7-4-5-8-21(19)27-22)25(34)29-28-24(33)16-32-26(35)31-14-6-2-3-9-23(31)30-32/h4-5,7-8,10-13,15H,2-3,6,9,14,16H2,1H3,(H,28,33)(H,29,34). The van der Waals surface area contributed by atoms with Gasteiger partial charge in [0.05, 0.1) is 16.8 Å². The van der Waals surface area contributed by atoms with E-state index in [-0.39, 0.29) is 12.2 Å². The quantitative estimate of drug-likeness (QED) is 0.446. The summed E-state index contributed by atoms with van der Waals surface area (Å²) in [4.78, 5) is 42.9. The summed E-state index contributed by atoms with van der Waals surface area (Å²) in [6.07, 6.45) is 3.68. The van der Waals surface area contributed by atoms with Crippen LogP contribution < -0.4 is 16.5 Å². The summed E-state index contributed by atoms with van der Waals surface area (Å²) in [5, 5.41) is 4.98. The van der Waals surface area contributed by atoms with Crippen LogP contribution in [0.25, 0.3) is 22.2 Å². The third-order valence-corrected chi connectivity index (χ3v) is 6.20. The first-order valence-electron chi connectivity index (χ1n) is 11.7. The Morgan fingerprint density at radius 1 is 1.00 bits per heavy atom. The lowest BCUT2D eigenvalue weighted by atomic mass is 10.0. The first-order chi connectivity index (χ1) is 17.0. The number of hydrogen-bond acceptors (Lipinski definition) is 5. The van der Waals surface area contributed by atoms with Crippen LogP contribution in [0.15, 0.2) is 59.4 Å². The number of carbonyl (C=O) groups is 2. The van der Waals surface area contributed by atoms with Crippen molar-refractivity contribution in [2.75, 3.05) is 0 Å². The number of hydrazine groups is 1. The molecule has 0 saturated carbocycles. The van der Waals surface area contributed by atoms with E-state index in [1.165, 1.54) is 0 Å². The van der Waals surface area contributed by atoms with Gasteiger partial charge in [0.25, 0.3) is 11.8 Å². The minimum atomic E-state index is -0.536. The third-order valence-electron chi connectivity index (χ3n) is 6.20. The van der Waals surface area contributed by atoms with Gasteiger partial charge in [-0.3, -0.25) is 25.0 Å². The van der Waals surface area contributed by atoms with Crippen molar-refractivity contribution in [2.45, 2.75) is 45.7 Å². The smallest absolute Gasteiger partial charge is 0.279 e. The maximum Gasteiger partial charge on any atom is 0.346 e. The van der Waals surface area contributed by atoms with Crippen molar-refractivity contribution in [2.24, 2.45) is 0 Å². The van der Waals surface area contributed by atoms with E-state index in [0.29, 0.717) is 34.5 Å². The predicted molar refractivity (Wildman–Crippen MR) is 132 cm³/mol. The highest BCUT2D eigenvalue weighted by molar-refractivity contribution is 6.07. The number of rotatable bonds is 4. The molecule has 3 heterocycles. The molecular formula is C26H26N6O3. The van der Waals surface area contributed by atoms with Gasteiger partial charge in [-0.2, -0.15) is 5.10 Å². The zero-order chi connectivity index (χ0) is 24.4. The summed E-state index contributed by atoms with van der Waals surface area (Å²) in [5.41, 5.74) is 8.32. The Balaban J connectivity index is 1.34. The monoisotopic (exact) mass is 470 g/mol. The Labute approximate surface area is 201 Å². The summed E-state index contributed by atoms with van der Waals surface area (Å²) in [6, 6.07) is 17.0. The van der Waals surface area contributed by atoms with E-state index in [1.807, 2.05) is 55.5 Å². The average Bonchev–Trinajstić information content (AvgIpc) is 3.01. The van der Waals surface area contributed by atoms with Gasteiger partial charge >= 0.3 is 5.69 Å². The number of benzene rings is 2. The summed E-state index contributed by atoms with van der Waals surface area (Å²) >= 11 is 0. The molecule has 2 aromatic carbocycles. The fraction of sp³-hybridized carbons (Fsp3) is 0.269. The summed E-state index contributed by atoms with van der Waals surface area (Å²) in [7, 11) is 0. The molecule has 178 valence electrons. The second-order valence-electron chi connectivity index (χ2n) is 8.76. The van der Waals surface area contributed by atoms with Crippen LogP contribution in [0.3, 0.4) is 0 Å². The van der Waals surface area contributed by atoms with Gasteiger partial charge in [-0.15, -0.1) is 0 Å². The normalized spacial score (nSPS) is 13.2. The lowest BCUT2D eigenvalue weighted by Gasteiger charge is -2.11. The van der Waals surface area contributed by atoms with Gasteiger partial charge in [0, 0.05) is 23.9 Å². The summed E-state index contributed by atoms with van der Waals surface area (Å²) < 4.78 is 2.79. The second-order valence-corrected chi connectivity index (χ2v) is 8.76. The molecule has 0 spiro atoms. The fourth-order valence-electron chi connectivity index (χ4n) is 4.33. The van der Waals surface area contributed by atoms with E-state index in [1.54, 1.807) is 10.6 Å². The Morgan fingerprint density at radius 3 is 2.63 bits per heavy atom. The number of fused-ring (bicyclic) bond motifs is 2. The molecule has 0 bridgehead atoms. The van der Waals surface area contributed by atoms with Crippen LogP contribution in [0.2, 0.25) is 0 Å². The van der Waals surface area contributed by atoms with Crippen LogP contribution in [0.4, 0.5) is 0 Å². The molecule has 0 fully saturated rings.